The third-order valence-corrected chi connectivity index (χ3v) is 3.45. The lowest BCUT2D eigenvalue weighted by molar-refractivity contribution is 0.460. The number of aromatic nitrogens is 2. The molecule has 0 aliphatic rings. The standard InChI is InChI=1S/C19H19N3O/c1-13(2)18-10-14(17-8-3-4-9-21-17)11-19(22-18)23-16-7-5-6-15(20)12-16/h3-13H,20H2,1-2H3. The van der Waals surface area contributed by atoms with Crippen LogP contribution in [-0.2, 0) is 0 Å². The van der Waals surface area contributed by atoms with Crippen LogP contribution in [0.15, 0.2) is 60.8 Å². The molecule has 0 unspecified atom stereocenters. The molecule has 0 saturated heterocycles. The smallest absolute Gasteiger partial charge is 0.220 e. The summed E-state index contributed by atoms with van der Waals surface area (Å²) >= 11 is 0. The maximum Gasteiger partial charge on any atom is 0.220 e. The van der Waals surface area contributed by atoms with E-state index in [-0.39, 0.29) is 0 Å². The van der Waals surface area contributed by atoms with Crippen molar-refractivity contribution in [3.05, 3.63) is 66.5 Å². The topological polar surface area (TPSA) is 61.0 Å². The third-order valence-electron chi connectivity index (χ3n) is 3.45. The fraction of sp³-hybridized carbons (Fsp3) is 0.158. The Bertz CT molecular complexity index is 801. The Hall–Kier alpha value is -2.88. The summed E-state index contributed by atoms with van der Waals surface area (Å²) in [4.78, 5) is 9.00. The minimum absolute atomic E-state index is 0.293. The molecule has 0 radical (unpaired) electrons. The predicted octanol–water partition coefficient (Wildman–Crippen LogP) is 4.64. The first-order chi connectivity index (χ1) is 11.1. The molecule has 3 rings (SSSR count). The summed E-state index contributed by atoms with van der Waals surface area (Å²) in [5, 5.41) is 0. The number of nitrogens with two attached hydrogens (primary N) is 1. The van der Waals surface area contributed by atoms with Gasteiger partial charge in [0.05, 0.1) is 5.69 Å². The lowest BCUT2D eigenvalue weighted by Crippen LogP contribution is -1.98. The second-order valence-corrected chi connectivity index (χ2v) is 5.66. The molecular weight excluding hydrogens is 286 g/mol. The van der Waals surface area contributed by atoms with E-state index in [4.69, 9.17) is 10.5 Å². The minimum Gasteiger partial charge on any atom is -0.439 e. The van der Waals surface area contributed by atoms with Gasteiger partial charge in [0.25, 0.3) is 0 Å². The van der Waals surface area contributed by atoms with Crippen LogP contribution in [0.2, 0.25) is 0 Å². The summed E-state index contributed by atoms with van der Waals surface area (Å²) in [7, 11) is 0. The molecule has 0 atom stereocenters. The third kappa shape index (κ3) is 3.66. The van der Waals surface area contributed by atoms with Crippen molar-refractivity contribution in [3.8, 4) is 22.9 Å². The Morgan fingerprint density at radius 3 is 2.57 bits per heavy atom. The van der Waals surface area contributed by atoms with Gasteiger partial charge >= 0.3 is 0 Å². The van der Waals surface area contributed by atoms with E-state index in [0.29, 0.717) is 23.2 Å². The van der Waals surface area contributed by atoms with E-state index < -0.39 is 0 Å². The van der Waals surface area contributed by atoms with Gasteiger partial charge in [0.15, 0.2) is 0 Å². The van der Waals surface area contributed by atoms with Crippen LogP contribution in [0.3, 0.4) is 0 Å². The molecule has 0 fully saturated rings. The molecule has 0 spiro atoms. The zero-order chi connectivity index (χ0) is 16.2. The number of hydrogen-bond acceptors (Lipinski definition) is 4. The fourth-order valence-corrected chi connectivity index (χ4v) is 2.25. The van der Waals surface area contributed by atoms with Gasteiger partial charge in [0.1, 0.15) is 5.75 Å². The molecule has 116 valence electrons. The molecule has 4 heteroatoms. The first-order valence-corrected chi connectivity index (χ1v) is 7.58. The maximum atomic E-state index is 5.89. The van der Waals surface area contributed by atoms with E-state index in [9.17, 15) is 0 Å². The van der Waals surface area contributed by atoms with Crippen LogP contribution >= 0.6 is 0 Å². The molecule has 0 amide bonds. The van der Waals surface area contributed by atoms with Gasteiger partial charge in [-0.1, -0.05) is 26.0 Å². The molecule has 0 aliphatic carbocycles. The van der Waals surface area contributed by atoms with Crippen molar-refractivity contribution >= 4 is 5.69 Å². The van der Waals surface area contributed by atoms with Crippen LogP contribution < -0.4 is 10.5 Å². The average Bonchev–Trinajstić information content (AvgIpc) is 2.55. The molecule has 2 heterocycles. The number of hydrogen-bond donors (Lipinski definition) is 1. The van der Waals surface area contributed by atoms with Crippen molar-refractivity contribution < 1.29 is 4.74 Å². The van der Waals surface area contributed by atoms with Crippen LogP contribution in [0.1, 0.15) is 25.5 Å². The summed E-state index contributed by atoms with van der Waals surface area (Å²) in [6.07, 6.45) is 1.78. The average molecular weight is 305 g/mol. The molecule has 4 nitrogen and oxygen atoms in total. The Morgan fingerprint density at radius 2 is 1.87 bits per heavy atom. The Kier molecular flexibility index (Phi) is 4.24. The van der Waals surface area contributed by atoms with Gasteiger partial charge in [-0.3, -0.25) is 4.98 Å². The van der Waals surface area contributed by atoms with Crippen molar-refractivity contribution in [1.29, 1.82) is 0 Å². The van der Waals surface area contributed by atoms with Crippen molar-refractivity contribution in [2.24, 2.45) is 0 Å². The van der Waals surface area contributed by atoms with Gasteiger partial charge in [0, 0.05) is 35.3 Å². The number of nitrogens with zero attached hydrogens (tertiary/aromatic N) is 2. The van der Waals surface area contributed by atoms with E-state index in [1.165, 1.54) is 0 Å². The molecule has 3 aromatic rings. The second-order valence-electron chi connectivity index (χ2n) is 5.66. The van der Waals surface area contributed by atoms with E-state index in [2.05, 4.69) is 29.9 Å². The fourth-order valence-electron chi connectivity index (χ4n) is 2.25. The summed E-state index contributed by atoms with van der Waals surface area (Å²) in [6, 6.07) is 17.1. The van der Waals surface area contributed by atoms with Crippen molar-refractivity contribution in [3.63, 3.8) is 0 Å². The number of nitrogen functional groups attached to an aromatic ring is 1. The number of ether oxygens (including phenoxy) is 1. The van der Waals surface area contributed by atoms with E-state index in [1.807, 2.05) is 42.5 Å². The molecule has 1 aromatic carbocycles. The Labute approximate surface area is 136 Å². The van der Waals surface area contributed by atoms with Crippen LogP contribution in [0.5, 0.6) is 11.6 Å². The molecular formula is C19H19N3O. The van der Waals surface area contributed by atoms with E-state index in [1.54, 1.807) is 12.3 Å². The second kappa shape index (κ2) is 6.48. The highest BCUT2D eigenvalue weighted by Gasteiger charge is 2.10. The van der Waals surface area contributed by atoms with Crippen LogP contribution in [0, 0.1) is 0 Å². The van der Waals surface area contributed by atoms with Gasteiger partial charge in [-0.15, -0.1) is 0 Å². The molecule has 2 N–H and O–H groups in total. The highest BCUT2D eigenvalue weighted by atomic mass is 16.5. The van der Waals surface area contributed by atoms with E-state index in [0.717, 1.165) is 17.0 Å². The SMILES string of the molecule is CC(C)c1cc(-c2ccccn2)cc(Oc2cccc(N)c2)n1. The molecule has 23 heavy (non-hydrogen) atoms. The van der Waals surface area contributed by atoms with Crippen LogP contribution in [0.25, 0.3) is 11.3 Å². The first kappa shape index (κ1) is 15.0. The van der Waals surface area contributed by atoms with Gasteiger partial charge in [-0.2, -0.15) is 0 Å². The van der Waals surface area contributed by atoms with Crippen molar-refractivity contribution in [2.45, 2.75) is 19.8 Å². The Balaban J connectivity index is 2.01. The largest absolute Gasteiger partial charge is 0.439 e. The summed E-state index contributed by atoms with van der Waals surface area (Å²) in [6.45, 7) is 4.21. The number of benzene rings is 1. The zero-order valence-corrected chi connectivity index (χ0v) is 13.2. The number of anilines is 1. The van der Waals surface area contributed by atoms with Crippen LogP contribution in [-0.4, -0.2) is 9.97 Å². The van der Waals surface area contributed by atoms with Gasteiger partial charge in [-0.05, 0) is 36.2 Å². The van der Waals surface area contributed by atoms with Gasteiger partial charge in [0.2, 0.25) is 5.88 Å². The highest BCUT2D eigenvalue weighted by Crippen LogP contribution is 2.28. The van der Waals surface area contributed by atoms with E-state index >= 15 is 0 Å². The Morgan fingerprint density at radius 1 is 1.00 bits per heavy atom. The molecule has 2 aromatic heterocycles. The zero-order valence-electron chi connectivity index (χ0n) is 13.2. The predicted molar refractivity (Wildman–Crippen MR) is 92.5 cm³/mol. The summed E-state index contributed by atoms with van der Waals surface area (Å²) in [5.74, 6) is 1.51. The highest BCUT2D eigenvalue weighted by molar-refractivity contribution is 5.61. The number of pyridine rings is 2. The minimum atomic E-state index is 0.293. The summed E-state index contributed by atoms with van der Waals surface area (Å²) < 4.78 is 5.89. The van der Waals surface area contributed by atoms with Gasteiger partial charge < -0.3 is 10.5 Å². The van der Waals surface area contributed by atoms with Gasteiger partial charge in [-0.25, -0.2) is 4.98 Å². The van der Waals surface area contributed by atoms with Crippen LogP contribution in [0.4, 0.5) is 5.69 Å². The van der Waals surface area contributed by atoms with Crippen molar-refractivity contribution in [1.82, 2.24) is 9.97 Å². The monoisotopic (exact) mass is 305 g/mol. The lowest BCUT2D eigenvalue weighted by atomic mass is 10.1. The quantitative estimate of drug-likeness (QED) is 0.713. The summed E-state index contributed by atoms with van der Waals surface area (Å²) in [5.41, 5.74) is 9.31. The lowest BCUT2D eigenvalue weighted by Gasteiger charge is -2.12. The first-order valence-electron chi connectivity index (χ1n) is 7.58. The molecule has 0 aliphatic heterocycles. The number of rotatable bonds is 4. The maximum absolute atomic E-state index is 5.89. The molecule has 0 bridgehead atoms. The molecule has 0 saturated carbocycles. The normalized spacial score (nSPS) is 10.7. The van der Waals surface area contributed by atoms with Crippen molar-refractivity contribution in [2.75, 3.05) is 5.73 Å².